The quantitative estimate of drug-likeness (QED) is 0.445. The highest BCUT2D eigenvalue weighted by atomic mass is 16.1. The van der Waals surface area contributed by atoms with Crippen molar-refractivity contribution in [2.24, 2.45) is 15.7 Å². The molecule has 2 N–H and O–H groups in total. The van der Waals surface area contributed by atoms with Crippen molar-refractivity contribution in [3.05, 3.63) is 29.8 Å². The van der Waals surface area contributed by atoms with Crippen LogP contribution in [0.5, 0.6) is 0 Å². The van der Waals surface area contributed by atoms with E-state index in [0.717, 1.165) is 12.0 Å². The lowest BCUT2D eigenvalue weighted by atomic mass is 10.1. The van der Waals surface area contributed by atoms with Crippen LogP contribution >= 0.6 is 0 Å². The van der Waals surface area contributed by atoms with Crippen LogP contribution in [0.25, 0.3) is 0 Å². The van der Waals surface area contributed by atoms with E-state index in [1.165, 1.54) is 13.3 Å². The number of nitrogens with two attached hydrogens (primary N) is 1. The van der Waals surface area contributed by atoms with Gasteiger partial charge in [0.05, 0.1) is 12.0 Å². The van der Waals surface area contributed by atoms with Gasteiger partial charge < -0.3 is 5.73 Å². The van der Waals surface area contributed by atoms with Gasteiger partial charge in [-0.05, 0) is 31.2 Å². The Hall–Kier alpha value is -1.97. The summed E-state index contributed by atoms with van der Waals surface area (Å²) < 4.78 is 0. The smallest absolute Gasteiger partial charge is 0.159 e. The van der Waals surface area contributed by atoms with Crippen LogP contribution in [0.15, 0.2) is 34.3 Å². The van der Waals surface area contributed by atoms with Gasteiger partial charge in [0.15, 0.2) is 5.78 Å². The fourth-order valence-electron chi connectivity index (χ4n) is 0.921. The van der Waals surface area contributed by atoms with Gasteiger partial charge in [-0.15, -0.1) is 0 Å². The number of rotatable bonds is 3. The first-order chi connectivity index (χ1) is 6.74. The van der Waals surface area contributed by atoms with Crippen molar-refractivity contribution < 1.29 is 4.79 Å². The Morgan fingerprint density at radius 2 is 2.00 bits per heavy atom. The highest BCUT2D eigenvalue weighted by molar-refractivity contribution is 5.94. The van der Waals surface area contributed by atoms with Crippen molar-refractivity contribution >= 4 is 24.1 Å². The Kier molecular flexibility index (Phi) is 3.55. The Morgan fingerprint density at radius 3 is 2.50 bits per heavy atom. The van der Waals surface area contributed by atoms with Crippen LogP contribution in [0.3, 0.4) is 0 Å². The molecule has 0 saturated heterocycles. The van der Waals surface area contributed by atoms with Gasteiger partial charge in [0, 0.05) is 5.56 Å². The first-order valence-corrected chi connectivity index (χ1v) is 4.11. The number of carbonyl (C=O) groups excluding carboxylic acids is 1. The summed E-state index contributed by atoms with van der Waals surface area (Å²) in [4.78, 5) is 18.5. The number of ketones is 1. The van der Waals surface area contributed by atoms with E-state index in [1.54, 1.807) is 24.3 Å². The SMILES string of the molecule is CC(=O)c1ccc(N=CN=CN)cc1. The molecule has 1 aromatic carbocycles. The molecule has 0 saturated carbocycles. The number of nitrogens with zero attached hydrogens (tertiary/aromatic N) is 2. The number of aliphatic imine (C=N–C) groups is 2. The molecule has 4 nitrogen and oxygen atoms in total. The molecule has 0 atom stereocenters. The molecule has 14 heavy (non-hydrogen) atoms. The molecular weight excluding hydrogens is 178 g/mol. The number of hydrogen-bond donors (Lipinski definition) is 1. The van der Waals surface area contributed by atoms with Gasteiger partial charge in [0.25, 0.3) is 0 Å². The third-order valence-electron chi connectivity index (χ3n) is 1.63. The van der Waals surface area contributed by atoms with Gasteiger partial charge in [-0.1, -0.05) is 0 Å². The Bertz CT molecular complexity index is 365. The van der Waals surface area contributed by atoms with Crippen molar-refractivity contribution in [3.63, 3.8) is 0 Å². The summed E-state index contributed by atoms with van der Waals surface area (Å²) in [7, 11) is 0. The molecule has 0 unspecified atom stereocenters. The molecule has 0 aromatic heterocycles. The molecule has 1 rings (SSSR count). The summed E-state index contributed by atoms with van der Waals surface area (Å²) in [6.45, 7) is 1.52. The minimum absolute atomic E-state index is 0.0421. The van der Waals surface area contributed by atoms with Crippen molar-refractivity contribution in [1.29, 1.82) is 0 Å². The van der Waals surface area contributed by atoms with Crippen LogP contribution < -0.4 is 5.73 Å². The highest BCUT2D eigenvalue weighted by Gasteiger charge is 1.96. The maximum Gasteiger partial charge on any atom is 0.159 e. The Labute approximate surface area is 82.2 Å². The molecule has 1 aromatic rings. The van der Waals surface area contributed by atoms with E-state index in [4.69, 9.17) is 5.73 Å². The molecule has 0 aliphatic carbocycles. The predicted octanol–water partition coefficient (Wildman–Crippen LogP) is 1.54. The molecule has 0 radical (unpaired) electrons. The monoisotopic (exact) mass is 189 g/mol. The normalized spacial score (nSPS) is 11.2. The van der Waals surface area contributed by atoms with E-state index in [1.807, 2.05) is 0 Å². The maximum absolute atomic E-state index is 10.9. The van der Waals surface area contributed by atoms with E-state index in [-0.39, 0.29) is 5.78 Å². The predicted molar refractivity (Wildman–Crippen MR) is 57.3 cm³/mol. The Morgan fingerprint density at radius 1 is 1.36 bits per heavy atom. The molecule has 0 heterocycles. The molecule has 0 spiro atoms. The van der Waals surface area contributed by atoms with Gasteiger partial charge in [-0.3, -0.25) is 4.79 Å². The molecule has 0 aliphatic rings. The van der Waals surface area contributed by atoms with E-state index in [2.05, 4.69) is 9.98 Å². The van der Waals surface area contributed by atoms with Crippen molar-refractivity contribution in [2.45, 2.75) is 6.92 Å². The van der Waals surface area contributed by atoms with Crippen LogP contribution in [0.4, 0.5) is 5.69 Å². The summed E-state index contributed by atoms with van der Waals surface area (Å²) in [6, 6.07) is 6.95. The second-order valence-electron chi connectivity index (χ2n) is 2.65. The van der Waals surface area contributed by atoms with Gasteiger partial charge in [0.1, 0.15) is 6.34 Å². The maximum atomic E-state index is 10.9. The Balaban J connectivity index is 2.78. The standard InChI is InChI=1S/C10H11N3O/c1-8(14)9-2-4-10(5-3-9)13-7-12-6-11/h2-7H,1H3,(H2,11,12,13). The first kappa shape index (κ1) is 10.1. The zero-order chi connectivity index (χ0) is 10.4. The van der Waals surface area contributed by atoms with Crippen LogP contribution in [0.1, 0.15) is 17.3 Å². The fourth-order valence-corrected chi connectivity index (χ4v) is 0.921. The molecule has 0 fully saturated rings. The third-order valence-corrected chi connectivity index (χ3v) is 1.63. The largest absolute Gasteiger partial charge is 0.390 e. The second kappa shape index (κ2) is 4.91. The van der Waals surface area contributed by atoms with Crippen LogP contribution in [-0.4, -0.2) is 18.5 Å². The minimum atomic E-state index is 0.0421. The van der Waals surface area contributed by atoms with Gasteiger partial charge in [-0.25, -0.2) is 9.98 Å². The van der Waals surface area contributed by atoms with Gasteiger partial charge in [0.2, 0.25) is 0 Å². The van der Waals surface area contributed by atoms with Crippen LogP contribution in [0, 0.1) is 0 Å². The molecule has 0 aliphatic heterocycles. The highest BCUT2D eigenvalue weighted by Crippen LogP contribution is 2.12. The molecule has 0 amide bonds. The zero-order valence-corrected chi connectivity index (χ0v) is 7.84. The van der Waals surface area contributed by atoms with E-state index >= 15 is 0 Å². The average molecular weight is 189 g/mol. The van der Waals surface area contributed by atoms with Crippen LogP contribution in [-0.2, 0) is 0 Å². The van der Waals surface area contributed by atoms with Gasteiger partial charge >= 0.3 is 0 Å². The molecule has 72 valence electrons. The number of Topliss-reactive ketones (excluding diaryl/α,β-unsaturated/α-hetero) is 1. The summed E-state index contributed by atoms with van der Waals surface area (Å²) in [5, 5.41) is 0. The molecular formula is C10H11N3O. The van der Waals surface area contributed by atoms with E-state index in [9.17, 15) is 4.79 Å². The molecule has 4 heteroatoms. The van der Waals surface area contributed by atoms with Crippen molar-refractivity contribution in [2.75, 3.05) is 0 Å². The number of benzene rings is 1. The minimum Gasteiger partial charge on any atom is -0.390 e. The lowest BCUT2D eigenvalue weighted by Crippen LogP contribution is -1.89. The first-order valence-electron chi connectivity index (χ1n) is 4.11. The molecule has 0 bridgehead atoms. The van der Waals surface area contributed by atoms with E-state index < -0.39 is 0 Å². The summed E-state index contributed by atoms with van der Waals surface area (Å²) in [6.07, 6.45) is 2.51. The number of hydrogen-bond acceptors (Lipinski definition) is 2. The average Bonchev–Trinajstić information content (AvgIpc) is 2.19. The summed E-state index contributed by atoms with van der Waals surface area (Å²) >= 11 is 0. The third kappa shape index (κ3) is 2.82. The van der Waals surface area contributed by atoms with Crippen LogP contribution in [0.2, 0.25) is 0 Å². The van der Waals surface area contributed by atoms with Crippen molar-refractivity contribution in [3.8, 4) is 0 Å². The topological polar surface area (TPSA) is 67.8 Å². The number of carbonyl (C=O) groups is 1. The fraction of sp³-hybridized carbons (Fsp3) is 0.100. The summed E-state index contributed by atoms with van der Waals surface area (Å²) in [5.41, 5.74) is 6.44. The lowest BCUT2D eigenvalue weighted by Gasteiger charge is -1.95. The lowest BCUT2D eigenvalue weighted by molar-refractivity contribution is 0.101. The zero-order valence-electron chi connectivity index (χ0n) is 7.84. The second-order valence-corrected chi connectivity index (χ2v) is 2.65. The van der Waals surface area contributed by atoms with E-state index in [0.29, 0.717) is 5.56 Å². The summed E-state index contributed by atoms with van der Waals surface area (Å²) in [5.74, 6) is 0.0421. The van der Waals surface area contributed by atoms with Gasteiger partial charge in [-0.2, -0.15) is 0 Å². The van der Waals surface area contributed by atoms with Crippen molar-refractivity contribution in [1.82, 2.24) is 0 Å².